The smallest absolute Gasteiger partial charge is 0.255 e. The Labute approximate surface area is 170 Å². The highest BCUT2D eigenvalue weighted by Gasteiger charge is 2.27. The summed E-state index contributed by atoms with van der Waals surface area (Å²) in [6.07, 6.45) is 4.13. The Morgan fingerprint density at radius 1 is 1.24 bits per heavy atom. The van der Waals surface area contributed by atoms with Crippen LogP contribution in [-0.4, -0.2) is 60.9 Å². The number of ether oxygens (including phenoxy) is 2. The van der Waals surface area contributed by atoms with Crippen molar-refractivity contribution < 1.29 is 19.1 Å². The Morgan fingerprint density at radius 3 is 2.62 bits per heavy atom. The Balaban J connectivity index is 1.84. The first-order valence-electron chi connectivity index (χ1n) is 9.54. The van der Waals surface area contributed by atoms with Gasteiger partial charge in [-0.1, -0.05) is 0 Å². The molecule has 1 unspecified atom stereocenters. The topological polar surface area (TPSA) is 97.7 Å². The van der Waals surface area contributed by atoms with E-state index in [1.807, 2.05) is 14.0 Å². The zero-order valence-electron chi connectivity index (χ0n) is 17.2. The summed E-state index contributed by atoms with van der Waals surface area (Å²) in [6, 6.07) is 3.18. The van der Waals surface area contributed by atoms with Gasteiger partial charge in [0.15, 0.2) is 11.5 Å². The lowest BCUT2D eigenvalue weighted by Gasteiger charge is -2.17. The van der Waals surface area contributed by atoms with E-state index in [0.29, 0.717) is 41.5 Å². The summed E-state index contributed by atoms with van der Waals surface area (Å²) >= 11 is 0. The van der Waals surface area contributed by atoms with Gasteiger partial charge >= 0.3 is 0 Å². The van der Waals surface area contributed by atoms with E-state index >= 15 is 0 Å². The van der Waals surface area contributed by atoms with Gasteiger partial charge in [0, 0.05) is 24.8 Å². The highest BCUT2D eigenvalue weighted by atomic mass is 16.5. The minimum absolute atomic E-state index is 0.100. The lowest BCUT2D eigenvalue weighted by Crippen LogP contribution is -2.26. The van der Waals surface area contributed by atoms with Crippen molar-refractivity contribution in [1.82, 2.24) is 14.7 Å². The van der Waals surface area contributed by atoms with E-state index in [0.717, 1.165) is 13.0 Å². The van der Waals surface area contributed by atoms with Gasteiger partial charge in [-0.05, 0) is 39.1 Å². The van der Waals surface area contributed by atoms with Crippen LogP contribution < -0.4 is 20.1 Å². The Kier molecular flexibility index (Phi) is 6.38. The predicted octanol–water partition coefficient (Wildman–Crippen LogP) is 2.06. The van der Waals surface area contributed by atoms with Crippen LogP contribution in [0.25, 0.3) is 0 Å². The molecule has 3 rings (SSSR count). The van der Waals surface area contributed by atoms with Crippen LogP contribution in [0.4, 0.5) is 11.4 Å². The van der Waals surface area contributed by atoms with Crippen molar-refractivity contribution in [3.63, 3.8) is 0 Å². The summed E-state index contributed by atoms with van der Waals surface area (Å²) in [5, 5.41) is 9.86. The van der Waals surface area contributed by atoms with Gasteiger partial charge in [-0.2, -0.15) is 5.10 Å². The summed E-state index contributed by atoms with van der Waals surface area (Å²) in [5.74, 6) is 0.202. The highest BCUT2D eigenvalue weighted by molar-refractivity contribution is 6.06. The lowest BCUT2D eigenvalue weighted by molar-refractivity contribution is -0.119. The monoisotopic (exact) mass is 401 g/mol. The molecule has 9 heteroatoms. The first kappa shape index (κ1) is 20.7. The third-order valence-electron chi connectivity index (χ3n) is 4.98. The maximum atomic E-state index is 12.8. The van der Waals surface area contributed by atoms with E-state index in [1.165, 1.54) is 14.2 Å². The van der Waals surface area contributed by atoms with Crippen molar-refractivity contribution in [2.75, 3.05) is 45.0 Å². The molecule has 2 N–H and O–H groups in total. The molecule has 9 nitrogen and oxygen atoms in total. The molecule has 1 atom stereocenters. The summed E-state index contributed by atoms with van der Waals surface area (Å²) in [5.41, 5.74) is 1.33. The molecule has 1 aliphatic heterocycles. The summed E-state index contributed by atoms with van der Waals surface area (Å²) in [6.45, 7) is 4.25. The number of amides is 2. The number of hydrogen-bond donors (Lipinski definition) is 2. The fourth-order valence-corrected chi connectivity index (χ4v) is 3.38. The molecule has 1 saturated heterocycles. The number of aromatic nitrogens is 2. The molecule has 1 fully saturated rings. The van der Waals surface area contributed by atoms with E-state index in [-0.39, 0.29) is 17.7 Å². The van der Waals surface area contributed by atoms with Crippen LogP contribution in [0.2, 0.25) is 0 Å². The van der Waals surface area contributed by atoms with Gasteiger partial charge in [0.05, 0.1) is 37.7 Å². The second-order valence-corrected chi connectivity index (χ2v) is 7.04. The van der Waals surface area contributed by atoms with E-state index in [2.05, 4.69) is 20.6 Å². The number of nitrogens with one attached hydrogen (secondary N) is 2. The van der Waals surface area contributed by atoms with Crippen LogP contribution in [0.1, 0.15) is 23.7 Å². The summed E-state index contributed by atoms with van der Waals surface area (Å²) in [4.78, 5) is 27.6. The number of hydrogen-bond acceptors (Lipinski definition) is 6. The predicted molar refractivity (Wildman–Crippen MR) is 110 cm³/mol. The SMILES string of the molecule is CCn1cc(NC(=O)c2cc(NC(=O)C3CCN(C)C3)c(OC)c(OC)c2)cn1. The second-order valence-electron chi connectivity index (χ2n) is 7.04. The van der Waals surface area contributed by atoms with E-state index < -0.39 is 0 Å². The van der Waals surface area contributed by atoms with Crippen LogP contribution in [0, 0.1) is 5.92 Å². The molecule has 0 aliphatic carbocycles. The Bertz CT molecular complexity index is 895. The van der Waals surface area contributed by atoms with E-state index in [4.69, 9.17) is 9.47 Å². The van der Waals surface area contributed by atoms with Crippen molar-refractivity contribution in [3.05, 3.63) is 30.1 Å². The zero-order chi connectivity index (χ0) is 21.0. The number of aryl methyl sites for hydroxylation is 1. The first-order valence-corrected chi connectivity index (χ1v) is 9.54. The standard InChI is InChI=1S/C20H27N5O4/c1-5-25-12-15(10-21-25)22-20(27)14-8-16(18(29-4)17(9-14)28-3)23-19(26)13-6-7-24(2)11-13/h8-10,12-13H,5-7,11H2,1-4H3,(H,22,27)(H,23,26). The third-order valence-corrected chi connectivity index (χ3v) is 4.98. The van der Waals surface area contributed by atoms with Crippen molar-refractivity contribution in [2.24, 2.45) is 5.92 Å². The van der Waals surface area contributed by atoms with Gasteiger partial charge < -0.3 is 25.0 Å². The molecule has 0 saturated carbocycles. The van der Waals surface area contributed by atoms with Gasteiger partial charge in [-0.3, -0.25) is 14.3 Å². The molecule has 1 aromatic heterocycles. The number of nitrogens with zero attached hydrogens (tertiary/aromatic N) is 3. The fourth-order valence-electron chi connectivity index (χ4n) is 3.38. The number of benzene rings is 1. The summed E-state index contributed by atoms with van der Waals surface area (Å²) < 4.78 is 12.5. The molecule has 29 heavy (non-hydrogen) atoms. The van der Waals surface area contributed by atoms with Gasteiger partial charge in [0.2, 0.25) is 5.91 Å². The van der Waals surface area contributed by atoms with Crippen molar-refractivity contribution >= 4 is 23.2 Å². The minimum atomic E-state index is -0.335. The number of rotatable bonds is 7. The fraction of sp³-hybridized carbons (Fsp3) is 0.450. The van der Waals surface area contributed by atoms with Crippen LogP contribution in [0.5, 0.6) is 11.5 Å². The molecule has 1 aromatic carbocycles. The molecule has 0 bridgehead atoms. The average Bonchev–Trinajstić information content (AvgIpc) is 3.35. The third kappa shape index (κ3) is 4.68. The number of carbonyl (C=O) groups is 2. The molecular weight excluding hydrogens is 374 g/mol. The number of carbonyl (C=O) groups excluding carboxylic acids is 2. The lowest BCUT2D eigenvalue weighted by atomic mass is 10.1. The quantitative estimate of drug-likeness (QED) is 0.737. The summed E-state index contributed by atoms with van der Waals surface area (Å²) in [7, 11) is 4.97. The van der Waals surface area contributed by atoms with Crippen molar-refractivity contribution in [1.29, 1.82) is 0 Å². The number of methoxy groups -OCH3 is 2. The number of likely N-dealkylation sites (tertiary alicyclic amines) is 1. The van der Waals surface area contributed by atoms with Gasteiger partial charge in [0.25, 0.3) is 5.91 Å². The molecule has 0 spiro atoms. The largest absolute Gasteiger partial charge is 0.493 e. The molecular formula is C20H27N5O4. The molecule has 1 aliphatic rings. The molecule has 2 heterocycles. The van der Waals surface area contributed by atoms with Gasteiger partial charge in [-0.25, -0.2) is 0 Å². The van der Waals surface area contributed by atoms with Crippen molar-refractivity contribution in [3.8, 4) is 11.5 Å². The van der Waals surface area contributed by atoms with E-state index in [9.17, 15) is 9.59 Å². The number of anilines is 2. The Morgan fingerprint density at radius 2 is 2.03 bits per heavy atom. The molecule has 2 amide bonds. The Hall–Kier alpha value is -3.07. The minimum Gasteiger partial charge on any atom is -0.493 e. The zero-order valence-corrected chi connectivity index (χ0v) is 17.2. The maximum Gasteiger partial charge on any atom is 0.255 e. The maximum absolute atomic E-state index is 12.8. The van der Waals surface area contributed by atoms with E-state index in [1.54, 1.807) is 29.2 Å². The van der Waals surface area contributed by atoms with Gasteiger partial charge in [-0.15, -0.1) is 0 Å². The molecule has 156 valence electrons. The van der Waals surface area contributed by atoms with Crippen molar-refractivity contribution in [2.45, 2.75) is 19.9 Å². The normalized spacial score (nSPS) is 16.5. The van der Waals surface area contributed by atoms with Gasteiger partial charge in [0.1, 0.15) is 0 Å². The second kappa shape index (κ2) is 8.95. The van der Waals surface area contributed by atoms with Crippen LogP contribution in [0.3, 0.4) is 0 Å². The average molecular weight is 401 g/mol. The molecule has 2 aromatic rings. The molecule has 0 radical (unpaired) electrons. The first-order chi connectivity index (χ1) is 13.9. The van der Waals surface area contributed by atoms with Crippen LogP contribution in [0.15, 0.2) is 24.5 Å². The highest BCUT2D eigenvalue weighted by Crippen LogP contribution is 2.37. The van der Waals surface area contributed by atoms with Crippen LogP contribution >= 0.6 is 0 Å². The van der Waals surface area contributed by atoms with Crippen LogP contribution in [-0.2, 0) is 11.3 Å².